The number of halogens is 2. The van der Waals surface area contributed by atoms with Crippen molar-refractivity contribution in [2.24, 2.45) is 0 Å². The number of fused-ring (bicyclic) bond motifs is 8. The molecule has 10 N–H and O–H groups in total. The Morgan fingerprint density at radius 2 is 0.545 bits per heavy atom. The standard InChI is InChI=1S/C44H34N8.2ClH.Ru/c45-29-9-1-25(2-10-29)41-33-17-19-35(49-33)42(26-3-11-30(46)12-4-26)37-21-23-39(51-37)44(28-7-15-32(48)16-8-28)40-24-22-38(52-40)43(36-20-18-34(41)50-36)27-5-13-31(47)14-6-27;;;/h1-24,49,52H,45-48H2;2*1H;/q;;;+2/p-2. The zero-order chi connectivity index (χ0) is 38.1. The van der Waals surface area contributed by atoms with E-state index >= 15 is 0 Å². The minimum absolute atomic E-state index is 0.346. The zero-order valence-electron chi connectivity index (χ0n) is 29.2. The van der Waals surface area contributed by atoms with Crippen molar-refractivity contribution in [1.29, 1.82) is 0 Å². The molecule has 0 aliphatic carbocycles. The third-order valence-electron chi connectivity index (χ3n) is 9.55. The quantitative estimate of drug-likeness (QED) is 0.0763. The van der Waals surface area contributed by atoms with Crippen LogP contribution < -0.4 is 22.9 Å². The van der Waals surface area contributed by atoms with Gasteiger partial charge in [0.25, 0.3) is 0 Å². The summed E-state index contributed by atoms with van der Waals surface area (Å²) in [5.74, 6) is 0. The van der Waals surface area contributed by atoms with Gasteiger partial charge in [-0.2, -0.15) is 0 Å². The van der Waals surface area contributed by atoms with E-state index in [9.17, 15) is 0 Å². The average molecular weight is 847 g/mol. The summed E-state index contributed by atoms with van der Waals surface area (Å²) in [4.78, 5) is 18.2. The van der Waals surface area contributed by atoms with Gasteiger partial charge in [-0.15, -0.1) is 0 Å². The predicted octanol–water partition coefficient (Wildman–Crippen LogP) is 11.0. The Bertz CT molecular complexity index is 2400. The first kappa shape index (κ1) is 35.9. The van der Waals surface area contributed by atoms with E-state index in [4.69, 9.17) is 52.3 Å². The second kappa shape index (κ2) is 15.3. The number of aromatic amines is 2. The Kier molecular flexibility index (Phi) is 10.00. The average Bonchev–Trinajstić information content (AvgIpc) is 4.03. The van der Waals surface area contributed by atoms with Crippen LogP contribution in [0.25, 0.3) is 90.9 Å². The van der Waals surface area contributed by atoms with Gasteiger partial charge in [0.2, 0.25) is 0 Å². The molecule has 2 aliphatic heterocycles. The number of hydrogen-bond acceptors (Lipinski definition) is 6. The number of nitrogen functional groups attached to an aromatic ring is 4. The fraction of sp³-hybridized carbons (Fsp3) is 0. The molecule has 5 heterocycles. The van der Waals surface area contributed by atoms with Crippen molar-refractivity contribution in [2.45, 2.75) is 0 Å². The van der Waals surface area contributed by atoms with Gasteiger partial charge in [0.1, 0.15) is 0 Å². The molecule has 11 heteroatoms. The molecule has 272 valence electrons. The van der Waals surface area contributed by atoms with Crippen LogP contribution in [0, 0.1) is 0 Å². The van der Waals surface area contributed by atoms with Crippen LogP contribution in [0.1, 0.15) is 22.8 Å². The van der Waals surface area contributed by atoms with Crippen molar-refractivity contribution in [3.05, 3.63) is 144 Å². The number of nitrogens with two attached hydrogens (primary N) is 4. The first-order valence-electron chi connectivity index (χ1n) is 17.2. The molecule has 2 aliphatic rings. The minimum atomic E-state index is -0.346. The molecule has 0 fully saturated rings. The second-order valence-electron chi connectivity index (χ2n) is 13.0. The molecule has 55 heavy (non-hydrogen) atoms. The van der Waals surface area contributed by atoms with E-state index in [1.54, 1.807) is 0 Å². The van der Waals surface area contributed by atoms with Gasteiger partial charge >= 0.3 is 34.5 Å². The third kappa shape index (κ3) is 7.25. The first-order chi connectivity index (χ1) is 26.8. The number of anilines is 4. The maximum atomic E-state index is 6.15. The molecule has 0 unspecified atom stereocenters. The van der Waals surface area contributed by atoms with Crippen LogP contribution in [0.3, 0.4) is 0 Å². The summed E-state index contributed by atoms with van der Waals surface area (Å²) in [5.41, 5.74) is 41.9. The van der Waals surface area contributed by atoms with Gasteiger partial charge < -0.3 is 32.9 Å². The molecule has 0 saturated carbocycles. The van der Waals surface area contributed by atoms with E-state index in [0.717, 1.165) is 89.4 Å². The van der Waals surface area contributed by atoms with Crippen molar-refractivity contribution in [1.82, 2.24) is 19.9 Å². The summed E-state index contributed by atoms with van der Waals surface area (Å²) < 4.78 is 0. The fourth-order valence-corrected chi connectivity index (χ4v) is 7.02. The van der Waals surface area contributed by atoms with Crippen molar-refractivity contribution < 1.29 is 15.1 Å². The van der Waals surface area contributed by atoms with Gasteiger partial charge in [0, 0.05) is 67.1 Å². The molecule has 7 aromatic rings. The van der Waals surface area contributed by atoms with E-state index in [1.807, 2.05) is 97.1 Å². The normalized spacial score (nSPS) is 11.7. The van der Waals surface area contributed by atoms with Gasteiger partial charge in [0.15, 0.2) is 0 Å². The molecule has 3 aromatic heterocycles. The van der Waals surface area contributed by atoms with Gasteiger partial charge in [0.05, 0.1) is 22.8 Å². The van der Waals surface area contributed by atoms with Crippen LogP contribution in [0.5, 0.6) is 0 Å². The van der Waals surface area contributed by atoms with Gasteiger partial charge in [-0.1, -0.05) is 48.5 Å². The van der Waals surface area contributed by atoms with Gasteiger partial charge in [-0.05, 0) is 119 Å². The monoisotopic (exact) mass is 846 g/mol. The Hall–Kier alpha value is -6.12. The van der Waals surface area contributed by atoms with Gasteiger partial charge in [-0.3, -0.25) is 0 Å². The summed E-state index contributed by atoms with van der Waals surface area (Å²) in [6.07, 6.45) is 8.29. The molecule has 0 amide bonds. The number of hydrogen-bond donors (Lipinski definition) is 6. The topological polar surface area (TPSA) is 161 Å². The van der Waals surface area contributed by atoms with Gasteiger partial charge in [-0.25, -0.2) is 9.97 Å². The van der Waals surface area contributed by atoms with E-state index in [0.29, 0.717) is 22.7 Å². The molecule has 0 atom stereocenters. The van der Waals surface area contributed by atoms with Crippen molar-refractivity contribution in [3.63, 3.8) is 0 Å². The Labute approximate surface area is 333 Å². The summed E-state index contributed by atoms with van der Waals surface area (Å²) in [6.45, 7) is 0. The number of rotatable bonds is 4. The van der Waals surface area contributed by atoms with Crippen LogP contribution in [0.2, 0.25) is 0 Å². The number of benzene rings is 4. The van der Waals surface area contributed by atoms with Crippen LogP contribution >= 0.6 is 19.4 Å². The molecular weight excluding hydrogens is 813 g/mol. The number of nitrogens with zero attached hydrogens (tertiary/aromatic N) is 2. The fourth-order valence-electron chi connectivity index (χ4n) is 7.02. The molecule has 8 bridgehead atoms. The summed E-state index contributed by atoms with van der Waals surface area (Å²) in [6, 6.07) is 40.0. The molecule has 0 spiro atoms. The van der Waals surface area contributed by atoms with Crippen LogP contribution in [0.15, 0.2) is 121 Å². The molecule has 8 nitrogen and oxygen atoms in total. The molecule has 9 rings (SSSR count). The summed E-state index contributed by atoms with van der Waals surface area (Å²) in [7, 11) is 9.71. The SMILES string of the molecule is Nc1ccc(-c2c3nc(c(-c4ccc(N)cc4)c4ccc([nH]4)c(-c4ccc(N)cc4)c4nc(c(-c5ccc(N)cc5)c5ccc2[nH]5)C=C4)C=C3)cc1.[Cl][Ru][Cl]. The molecule has 0 saturated heterocycles. The van der Waals surface area contributed by atoms with E-state index < -0.39 is 0 Å². The number of H-pyrrole nitrogens is 2. The second-order valence-corrected chi connectivity index (χ2v) is 15.7. The van der Waals surface area contributed by atoms with Crippen molar-refractivity contribution >= 4 is 88.5 Å². The number of nitrogens with one attached hydrogen (secondary N) is 2. The van der Waals surface area contributed by atoms with Crippen molar-refractivity contribution in [2.75, 3.05) is 22.9 Å². The number of aromatic nitrogens is 4. The van der Waals surface area contributed by atoms with Crippen LogP contribution in [-0.2, 0) is 15.1 Å². The summed E-state index contributed by atoms with van der Waals surface area (Å²) >= 11 is -0.346. The molecule has 4 aromatic carbocycles. The Morgan fingerprint density at radius 3 is 0.745 bits per heavy atom. The Morgan fingerprint density at radius 1 is 0.345 bits per heavy atom. The Balaban J connectivity index is 0.00000138. The van der Waals surface area contributed by atoms with E-state index in [1.165, 1.54) is 0 Å². The van der Waals surface area contributed by atoms with E-state index in [-0.39, 0.29) is 15.1 Å². The van der Waals surface area contributed by atoms with Crippen LogP contribution in [-0.4, -0.2) is 19.9 Å². The van der Waals surface area contributed by atoms with Crippen molar-refractivity contribution in [3.8, 4) is 44.5 Å². The first-order valence-corrected chi connectivity index (χ1v) is 21.7. The zero-order valence-corrected chi connectivity index (χ0v) is 32.4. The molecular formula is C44H34Cl2N8Ru. The summed E-state index contributed by atoms with van der Waals surface area (Å²) in [5, 5.41) is 0. The maximum absolute atomic E-state index is 6.15. The van der Waals surface area contributed by atoms with Crippen LogP contribution in [0.4, 0.5) is 22.7 Å². The van der Waals surface area contributed by atoms with E-state index in [2.05, 4.69) is 58.5 Å². The molecule has 0 radical (unpaired) electrons. The third-order valence-corrected chi connectivity index (χ3v) is 9.55. The predicted molar refractivity (Wildman–Crippen MR) is 230 cm³/mol.